The van der Waals surface area contributed by atoms with E-state index in [1.165, 1.54) is 6.07 Å². The highest BCUT2D eigenvalue weighted by Gasteiger charge is 2.38. The van der Waals surface area contributed by atoms with Gasteiger partial charge in [0.05, 0.1) is 12.1 Å². The number of rotatable bonds is 5. The molecule has 0 saturated carbocycles. The van der Waals surface area contributed by atoms with E-state index in [0.29, 0.717) is 18.0 Å². The van der Waals surface area contributed by atoms with Gasteiger partial charge >= 0.3 is 18.2 Å². The second-order valence-electron chi connectivity index (χ2n) is 7.47. The van der Waals surface area contributed by atoms with Crippen LogP contribution in [0, 0.1) is 11.8 Å². The number of hydrogen-bond donors (Lipinski definition) is 4. The van der Waals surface area contributed by atoms with Gasteiger partial charge < -0.3 is 25.8 Å². The molecule has 15 heteroatoms. The SMILES string of the molecule is CC#CCn1c(N2CCNCC2)nc2nc(Oc3ccccc3C(N)=O)[nH]c(=O)c21.O=C(O)C(F)(F)F. The van der Waals surface area contributed by atoms with Crippen molar-refractivity contribution in [1.29, 1.82) is 0 Å². The fraction of sp³-hybridized carbons (Fsp3) is 0.318. The molecular formula is C22H22F3N7O5. The Morgan fingerprint density at radius 3 is 2.46 bits per heavy atom. The third-order valence-electron chi connectivity index (χ3n) is 4.99. The number of carbonyl (C=O) groups excluding carboxylic acids is 1. The molecule has 0 aliphatic carbocycles. The molecule has 1 amide bonds. The molecule has 0 radical (unpaired) electrons. The monoisotopic (exact) mass is 521 g/mol. The summed E-state index contributed by atoms with van der Waals surface area (Å²) in [6, 6.07) is 6.40. The molecule has 0 atom stereocenters. The smallest absolute Gasteiger partial charge is 0.475 e. The fourth-order valence-electron chi connectivity index (χ4n) is 3.34. The highest BCUT2D eigenvalue weighted by atomic mass is 19.4. The van der Waals surface area contributed by atoms with Gasteiger partial charge in [0.25, 0.3) is 11.5 Å². The van der Waals surface area contributed by atoms with Crippen LogP contribution < -0.4 is 26.2 Å². The molecule has 37 heavy (non-hydrogen) atoms. The van der Waals surface area contributed by atoms with E-state index >= 15 is 0 Å². The Labute approximate surface area is 207 Å². The zero-order valence-corrected chi connectivity index (χ0v) is 19.4. The first-order valence-corrected chi connectivity index (χ1v) is 10.8. The topological polar surface area (TPSA) is 168 Å². The molecule has 0 spiro atoms. The Morgan fingerprint density at radius 1 is 1.22 bits per heavy atom. The third-order valence-corrected chi connectivity index (χ3v) is 4.99. The van der Waals surface area contributed by atoms with Crippen molar-refractivity contribution in [3.05, 3.63) is 40.2 Å². The van der Waals surface area contributed by atoms with Crippen LogP contribution >= 0.6 is 0 Å². The van der Waals surface area contributed by atoms with Gasteiger partial charge in [-0.05, 0) is 19.1 Å². The molecule has 196 valence electrons. The van der Waals surface area contributed by atoms with Crippen LogP contribution in [0.2, 0.25) is 0 Å². The van der Waals surface area contributed by atoms with E-state index in [1.54, 1.807) is 29.7 Å². The minimum atomic E-state index is -5.08. The normalized spacial score (nSPS) is 13.2. The average molecular weight is 521 g/mol. The van der Waals surface area contributed by atoms with Gasteiger partial charge in [-0.25, -0.2) is 4.79 Å². The number of para-hydroxylation sites is 1. The lowest BCUT2D eigenvalue weighted by molar-refractivity contribution is -0.192. The molecule has 1 aromatic carbocycles. The van der Waals surface area contributed by atoms with Gasteiger partial charge in [-0.3, -0.25) is 19.1 Å². The Balaban J connectivity index is 0.000000479. The van der Waals surface area contributed by atoms with E-state index in [1.807, 2.05) is 0 Å². The molecule has 1 aliphatic rings. The number of benzene rings is 1. The Morgan fingerprint density at radius 2 is 1.86 bits per heavy atom. The van der Waals surface area contributed by atoms with Crippen molar-refractivity contribution < 1.29 is 32.6 Å². The summed E-state index contributed by atoms with van der Waals surface area (Å²) >= 11 is 0. The van der Waals surface area contributed by atoms with Gasteiger partial charge in [-0.15, -0.1) is 5.92 Å². The molecule has 5 N–H and O–H groups in total. The van der Waals surface area contributed by atoms with Crippen molar-refractivity contribution in [3.8, 4) is 23.6 Å². The van der Waals surface area contributed by atoms with Crippen molar-refractivity contribution in [2.24, 2.45) is 5.73 Å². The molecule has 3 aromatic rings. The van der Waals surface area contributed by atoms with E-state index in [4.69, 9.17) is 20.4 Å². The summed E-state index contributed by atoms with van der Waals surface area (Å²) in [5.41, 5.74) is 5.74. The number of amides is 1. The molecular weight excluding hydrogens is 499 g/mol. The highest BCUT2D eigenvalue weighted by molar-refractivity contribution is 5.95. The molecule has 1 aliphatic heterocycles. The number of halogens is 3. The number of hydrogen-bond acceptors (Lipinski definition) is 8. The van der Waals surface area contributed by atoms with Gasteiger partial charge in [0.2, 0.25) is 5.95 Å². The molecule has 0 unspecified atom stereocenters. The molecule has 1 fully saturated rings. The molecule has 3 heterocycles. The second kappa shape index (κ2) is 11.4. The minimum absolute atomic E-state index is 0.0701. The van der Waals surface area contributed by atoms with Crippen LogP contribution in [0.1, 0.15) is 17.3 Å². The Bertz CT molecular complexity index is 1420. The number of carbonyl (C=O) groups is 2. The number of aliphatic carboxylic acids is 1. The number of H-pyrrole nitrogens is 1. The number of fused-ring (bicyclic) bond motifs is 1. The summed E-state index contributed by atoms with van der Waals surface area (Å²) in [7, 11) is 0. The van der Waals surface area contributed by atoms with Gasteiger partial charge in [0.15, 0.2) is 11.2 Å². The summed E-state index contributed by atoms with van der Waals surface area (Å²) in [5.74, 6) is 3.28. The van der Waals surface area contributed by atoms with Crippen molar-refractivity contribution in [2.75, 3.05) is 31.1 Å². The standard InChI is InChI=1S/C20H21N7O3.C2HF3O2/c1-2-3-10-27-15-17(24-20(27)26-11-8-22-9-12-26)23-19(25-18(15)29)30-14-7-5-4-6-13(14)16(21)28;3-2(4,5)1(6)7/h4-7,22H,8-12H2,1H3,(H2,21,28)(H,23,25,29);(H,6,7). The van der Waals surface area contributed by atoms with E-state index in [-0.39, 0.29) is 23.0 Å². The van der Waals surface area contributed by atoms with Crippen molar-refractivity contribution in [2.45, 2.75) is 19.6 Å². The van der Waals surface area contributed by atoms with E-state index in [9.17, 15) is 22.8 Å². The van der Waals surface area contributed by atoms with Gasteiger partial charge in [0.1, 0.15) is 5.75 Å². The molecule has 0 bridgehead atoms. The molecule has 12 nitrogen and oxygen atoms in total. The zero-order chi connectivity index (χ0) is 27.2. The van der Waals surface area contributed by atoms with E-state index in [0.717, 1.165) is 26.2 Å². The van der Waals surface area contributed by atoms with E-state index in [2.05, 4.69) is 37.0 Å². The maximum atomic E-state index is 12.9. The van der Waals surface area contributed by atoms with Crippen LogP contribution in [0.15, 0.2) is 29.1 Å². The number of aromatic nitrogens is 4. The maximum Gasteiger partial charge on any atom is 0.490 e. The van der Waals surface area contributed by atoms with Crippen LogP contribution in [-0.4, -0.2) is 68.9 Å². The van der Waals surface area contributed by atoms with Gasteiger partial charge in [0, 0.05) is 26.2 Å². The quantitative estimate of drug-likeness (QED) is 0.359. The van der Waals surface area contributed by atoms with Crippen molar-refractivity contribution in [3.63, 3.8) is 0 Å². The number of carboxylic acid groups (broad SMARTS) is 1. The molecule has 4 rings (SSSR count). The first kappa shape index (κ1) is 27.0. The molecule has 2 aromatic heterocycles. The first-order valence-electron chi connectivity index (χ1n) is 10.8. The largest absolute Gasteiger partial charge is 0.490 e. The number of nitrogens with one attached hydrogen (secondary N) is 2. The van der Waals surface area contributed by atoms with Crippen LogP contribution in [0.25, 0.3) is 11.2 Å². The predicted molar refractivity (Wildman–Crippen MR) is 125 cm³/mol. The van der Waals surface area contributed by atoms with Crippen LogP contribution in [0.5, 0.6) is 11.8 Å². The van der Waals surface area contributed by atoms with Crippen LogP contribution in [-0.2, 0) is 11.3 Å². The van der Waals surface area contributed by atoms with E-state index < -0.39 is 23.6 Å². The summed E-state index contributed by atoms with van der Waals surface area (Å²) in [6.45, 7) is 5.23. The summed E-state index contributed by atoms with van der Waals surface area (Å²) in [6.07, 6.45) is -5.08. The summed E-state index contributed by atoms with van der Waals surface area (Å²) < 4.78 is 39.2. The highest BCUT2D eigenvalue weighted by Crippen LogP contribution is 2.24. The Hall–Kier alpha value is -4.58. The zero-order valence-electron chi connectivity index (χ0n) is 19.4. The van der Waals surface area contributed by atoms with Crippen LogP contribution in [0.3, 0.4) is 0 Å². The Kier molecular flexibility index (Phi) is 8.35. The van der Waals surface area contributed by atoms with Crippen molar-refractivity contribution >= 4 is 29.0 Å². The maximum absolute atomic E-state index is 12.9. The second-order valence-corrected chi connectivity index (χ2v) is 7.47. The average Bonchev–Trinajstić information content (AvgIpc) is 3.22. The van der Waals surface area contributed by atoms with Gasteiger partial charge in [-0.1, -0.05) is 18.1 Å². The third kappa shape index (κ3) is 6.55. The number of piperazine rings is 1. The number of alkyl halides is 3. The van der Waals surface area contributed by atoms with Crippen LogP contribution in [0.4, 0.5) is 19.1 Å². The lowest BCUT2D eigenvalue weighted by atomic mass is 10.2. The number of carboxylic acids is 1. The minimum Gasteiger partial charge on any atom is -0.475 e. The summed E-state index contributed by atoms with van der Waals surface area (Å²) in [5, 5.41) is 10.4. The number of imidazole rings is 1. The number of nitrogens with zero attached hydrogens (tertiary/aromatic N) is 4. The number of anilines is 1. The number of primary amides is 1. The number of nitrogens with two attached hydrogens (primary N) is 1. The number of aromatic amines is 1. The fourth-order valence-corrected chi connectivity index (χ4v) is 3.34. The number of ether oxygens (including phenoxy) is 1. The lowest BCUT2D eigenvalue weighted by Crippen LogP contribution is -2.44. The van der Waals surface area contributed by atoms with Crippen molar-refractivity contribution in [1.82, 2.24) is 24.8 Å². The molecule has 1 saturated heterocycles. The van der Waals surface area contributed by atoms with Gasteiger partial charge in [-0.2, -0.15) is 23.1 Å². The predicted octanol–water partition coefficient (Wildman–Crippen LogP) is 1.08. The summed E-state index contributed by atoms with van der Waals surface area (Å²) in [4.78, 5) is 47.1. The first-order chi connectivity index (χ1) is 17.5. The lowest BCUT2D eigenvalue weighted by Gasteiger charge is -2.28.